The molecule has 1 aromatic carbocycles. The fraction of sp³-hybridized carbons (Fsp3) is 0.176. The Bertz CT molecular complexity index is 808. The highest BCUT2D eigenvalue weighted by Gasteiger charge is 2.10. The summed E-state index contributed by atoms with van der Waals surface area (Å²) in [7, 11) is 0. The van der Waals surface area contributed by atoms with Crippen molar-refractivity contribution in [2.24, 2.45) is 0 Å². The predicted molar refractivity (Wildman–Crippen MR) is 82.4 cm³/mol. The number of carbonyl (C=O) groups excluding carboxylic acids is 1. The van der Waals surface area contributed by atoms with E-state index in [2.05, 4.69) is 10.3 Å². The Morgan fingerprint density at radius 2 is 2.00 bits per heavy atom. The van der Waals surface area contributed by atoms with Crippen molar-refractivity contribution in [3.8, 4) is 0 Å². The third kappa shape index (κ3) is 2.98. The fourth-order valence-electron chi connectivity index (χ4n) is 2.32. The van der Waals surface area contributed by atoms with Crippen LogP contribution in [0.4, 0.5) is 4.39 Å². The minimum Gasteiger partial charge on any atom is -0.350 e. The van der Waals surface area contributed by atoms with Crippen molar-refractivity contribution in [2.75, 3.05) is 6.54 Å². The molecule has 22 heavy (non-hydrogen) atoms. The van der Waals surface area contributed by atoms with Gasteiger partial charge in [0.1, 0.15) is 17.2 Å². The number of halogens is 1. The van der Waals surface area contributed by atoms with Gasteiger partial charge in [0, 0.05) is 18.4 Å². The van der Waals surface area contributed by atoms with Crippen molar-refractivity contribution in [3.63, 3.8) is 0 Å². The van der Waals surface area contributed by atoms with Gasteiger partial charge in [-0.15, -0.1) is 0 Å². The second kappa shape index (κ2) is 5.97. The first kappa shape index (κ1) is 14.3. The lowest BCUT2D eigenvalue weighted by atomic mass is 10.1. The first-order valence-corrected chi connectivity index (χ1v) is 7.11. The predicted octanol–water partition coefficient (Wildman–Crippen LogP) is 2.75. The van der Waals surface area contributed by atoms with Gasteiger partial charge < -0.3 is 9.72 Å². The number of imidazole rings is 1. The monoisotopic (exact) mass is 297 g/mol. The number of nitrogens with zero attached hydrogens (tertiary/aromatic N) is 2. The van der Waals surface area contributed by atoms with E-state index in [0.29, 0.717) is 18.7 Å². The highest BCUT2D eigenvalue weighted by Crippen LogP contribution is 2.08. The van der Waals surface area contributed by atoms with Gasteiger partial charge in [-0.25, -0.2) is 9.37 Å². The van der Waals surface area contributed by atoms with Crippen LogP contribution in [0.1, 0.15) is 21.7 Å². The van der Waals surface area contributed by atoms with Crippen LogP contribution in [-0.2, 0) is 6.42 Å². The second-order valence-electron chi connectivity index (χ2n) is 5.15. The zero-order valence-electron chi connectivity index (χ0n) is 12.2. The average molecular weight is 297 g/mol. The van der Waals surface area contributed by atoms with Gasteiger partial charge in [0.15, 0.2) is 0 Å². The first-order valence-electron chi connectivity index (χ1n) is 7.11. The number of rotatable bonds is 4. The number of nitrogens with one attached hydrogen (secondary N) is 1. The van der Waals surface area contributed by atoms with Crippen molar-refractivity contribution in [1.82, 2.24) is 14.7 Å². The molecule has 0 saturated carbocycles. The van der Waals surface area contributed by atoms with Crippen LogP contribution in [0.15, 0.2) is 48.7 Å². The third-order valence-electron chi connectivity index (χ3n) is 3.54. The lowest BCUT2D eigenvalue weighted by Gasteiger charge is -2.03. The van der Waals surface area contributed by atoms with Crippen molar-refractivity contribution in [1.29, 1.82) is 0 Å². The molecule has 2 heterocycles. The summed E-state index contributed by atoms with van der Waals surface area (Å²) < 4.78 is 14.7. The molecule has 2 aromatic heterocycles. The van der Waals surface area contributed by atoms with Gasteiger partial charge in [-0.2, -0.15) is 0 Å². The lowest BCUT2D eigenvalue weighted by molar-refractivity contribution is 0.0950. The molecule has 1 amide bonds. The molecule has 0 atom stereocenters. The molecule has 1 N–H and O–H groups in total. The summed E-state index contributed by atoms with van der Waals surface area (Å²) in [4.78, 5) is 16.4. The van der Waals surface area contributed by atoms with Crippen LogP contribution in [0.3, 0.4) is 0 Å². The Morgan fingerprint density at radius 3 is 2.73 bits per heavy atom. The Balaban J connectivity index is 1.63. The molecule has 0 spiro atoms. The summed E-state index contributed by atoms with van der Waals surface area (Å²) in [5.41, 5.74) is 3.15. The largest absolute Gasteiger partial charge is 0.350 e. The SMILES string of the molecule is Cc1cccc2nc(C(=O)NCCc3ccc(F)cc3)cn12. The second-order valence-corrected chi connectivity index (χ2v) is 5.15. The van der Waals surface area contributed by atoms with Gasteiger partial charge in [-0.1, -0.05) is 18.2 Å². The summed E-state index contributed by atoms with van der Waals surface area (Å²) in [6, 6.07) is 12.0. The highest BCUT2D eigenvalue weighted by molar-refractivity contribution is 5.92. The molecule has 0 aliphatic rings. The van der Waals surface area contributed by atoms with Crippen molar-refractivity contribution in [3.05, 3.63) is 71.4 Å². The van der Waals surface area contributed by atoms with Crippen molar-refractivity contribution < 1.29 is 9.18 Å². The minimum atomic E-state index is -0.257. The normalized spacial score (nSPS) is 10.8. The van der Waals surface area contributed by atoms with Gasteiger partial charge in [0.2, 0.25) is 0 Å². The lowest BCUT2D eigenvalue weighted by Crippen LogP contribution is -2.25. The Labute approximate surface area is 127 Å². The summed E-state index contributed by atoms with van der Waals surface area (Å²) in [6.07, 6.45) is 2.39. The number of fused-ring (bicyclic) bond motifs is 1. The Kier molecular flexibility index (Phi) is 3.87. The molecule has 4 nitrogen and oxygen atoms in total. The van der Waals surface area contributed by atoms with E-state index in [1.807, 2.05) is 29.5 Å². The molecule has 3 rings (SSSR count). The van der Waals surface area contributed by atoms with E-state index in [1.54, 1.807) is 18.3 Å². The number of hydrogen-bond donors (Lipinski definition) is 1. The number of benzene rings is 1. The van der Waals surface area contributed by atoms with Gasteiger partial charge in [-0.05, 0) is 43.2 Å². The van der Waals surface area contributed by atoms with Crippen molar-refractivity contribution in [2.45, 2.75) is 13.3 Å². The molecule has 3 aromatic rings. The summed E-state index contributed by atoms with van der Waals surface area (Å²) in [6.45, 7) is 2.45. The molecule has 112 valence electrons. The highest BCUT2D eigenvalue weighted by atomic mass is 19.1. The quantitative estimate of drug-likeness (QED) is 0.805. The van der Waals surface area contributed by atoms with Gasteiger partial charge in [-0.3, -0.25) is 4.79 Å². The van der Waals surface area contributed by atoms with Crippen LogP contribution in [0.25, 0.3) is 5.65 Å². The third-order valence-corrected chi connectivity index (χ3v) is 3.54. The van der Waals surface area contributed by atoms with Crippen molar-refractivity contribution >= 4 is 11.6 Å². The maximum atomic E-state index is 12.8. The van der Waals surface area contributed by atoms with E-state index < -0.39 is 0 Å². The maximum absolute atomic E-state index is 12.8. The van der Waals surface area contributed by atoms with Crippen LogP contribution < -0.4 is 5.32 Å². The topological polar surface area (TPSA) is 46.4 Å². The smallest absolute Gasteiger partial charge is 0.271 e. The molecule has 0 unspecified atom stereocenters. The molecular formula is C17H16FN3O. The fourth-order valence-corrected chi connectivity index (χ4v) is 2.32. The number of carbonyl (C=O) groups is 1. The van der Waals surface area contributed by atoms with Gasteiger partial charge >= 0.3 is 0 Å². The molecule has 0 fully saturated rings. The Morgan fingerprint density at radius 1 is 1.23 bits per heavy atom. The molecule has 0 radical (unpaired) electrons. The van der Waals surface area contributed by atoms with Crippen LogP contribution in [0, 0.1) is 12.7 Å². The van der Waals surface area contributed by atoms with Gasteiger partial charge in [0.05, 0.1) is 0 Å². The van der Waals surface area contributed by atoms with E-state index in [1.165, 1.54) is 12.1 Å². The van der Waals surface area contributed by atoms with Crippen LogP contribution >= 0.6 is 0 Å². The number of amides is 1. The molecule has 0 aliphatic heterocycles. The molecular weight excluding hydrogens is 281 g/mol. The minimum absolute atomic E-state index is 0.204. The van der Waals surface area contributed by atoms with Crippen LogP contribution in [-0.4, -0.2) is 21.8 Å². The number of pyridine rings is 1. The van der Waals surface area contributed by atoms with E-state index in [-0.39, 0.29) is 11.7 Å². The zero-order valence-corrected chi connectivity index (χ0v) is 12.2. The van der Waals surface area contributed by atoms with Gasteiger partial charge in [0.25, 0.3) is 5.91 Å². The molecule has 0 saturated heterocycles. The standard InChI is InChI=1S/C17H16FN3O/c1-12-3-2-4-16-20-15(11-21(12)16)17(22)19-10-9-13-5-7-14(18)8-6-13/h2-8,11H,9-10H2,1H3,(H,19,22). The molecule has 5 heteroatoms. The first-order chi connectivity index (χ1) is 10.6. The number of hydrogen-bond acceptors (Lipinski definition) is 2. The maximum Gasteiger partial charge on any atom is 0.271 e. The Hall–Kier alpha value is -2.69. The summed E-state index contributed by atoms with van der Waals surface area (Å²) in [5.74, 6) is -0.460. The molecule has 0 bridgehead atoms. The molecule has 0 aliphatic carbocycles. The van der Waals surface area contributed by atoms with Crippen LogP contribution in [0.5, 0.6) is 0 Å². The summed E-state index contributed by atoms with van der Waals surface area (Å²) >= 11 is 0. The average Bonchev–Trinajstić information content (AvgIpc) is 2.95. The zero-order chi connectivity index (χ0) is 15.5. The van der Waals surface area contributed by atoms with E-state index >= 15 is 0 Å². The van der Waals surface area contributed by atoms with Crippen LogP contribution in [0.2, 0.25) is 0 Å². The van der Waals surface area contributed by atoms with E-state index in [4.69, 9.17) is 0 Å². The van der Waals surface area contributed by atoms with E-state index in [0.717, 1.165) is 16.9 Å². The summed E-state index contributed by atoms with van der Waals surface area (Å²) in [5, 5.41) is 2.83. The van der Waals surface area contributed by atoms with E-state index in [9.17, 15) is 9.18 Å². The number of aryl methyl sites for hydroxylation is 1. The number of aromatic nitrogens is 2.